The van der Waals surface area contributed by atoms with Gasteiger partial charge in [0.25, 0.3) is 5.91 Å². The molecule has 1 fully saturated rings. The van der Waals surface area contributed by atoms with Crippen molar-refractivity contribution in [2.45, 2.75) is 18.3 Å². The Bertz CT molecular complexity index is 975. The molecule has 134 valence electrons. The second-order valence-electron chi connectivity index (χ2n) is 6.73. The third kappa shape index (κ3) is 2.78. The van der Waals surface area contributed by atoms with Gasteiger partial charge in [-0.2, -0.15) is 0 Å². The van der Waals surface area contributed by atoms with Crippen molar-refractivity contribution in [1.29, 1.82) is 0 Å². The molecule has 1 aliphatic rings. The lowest BCUT2D eigenvalue weighted by Crippen LogP contribution is -2.21. The molecule has 3 aromatic rings. The summed E-state index contributed by atoms with van der Waals surface area (Å²) in [5.74, 6) is -0.319. The van der Waals surface area contributed by atoms with E-state index in [-0.39, 0.29) is 17.9 Å². The summed E-state index contributed by atoms with van der Waals surface area (Å²) in [4.78, 5) is 19.9. The molecule has 1 aliphatic carbocycles. The first kappa shape index (κ1) is 17.1. The number of hydrogen-bond acceptors (Lipinski definition) is 3. The Labute approximate surface area is 155 Å². The lowest BCUT2D eigenvalue weighted by atomic mass is 9.94. The molecule has 0 unspecified atom stereocenters. The highest BCUT2D eigenvalue weighted by atomic mass is 35.5. The minimum absolute atomic E-state index is 0.0572. The minimum atomic E-state index is -0.319. The van der Waals surface area contributed by atoms with E-state index < -0.39 is 0 Å². The molecule has 4 rings (SSSR count). The van der Waals surface area contributed by atoms with Gasteiger partial charge in [-0.1, -0.05) is 35.9 Å². The third-order valence-corrected chi connectivity index (χ3v) is 5.49. The number of aliphatic hydroxyl groups is 1. The van der Waals surface area contributed by atoms with Crippen LogP contribution in [0.5, 0.6) is 0 Å². The molecule has 1 amide bonds. The van der Waals surface area contributed by atoms with Crippen LogP contribution >= 0.6 is 11.6 Å². The maximum Gasteiger partial charge on any atom is 0.276 e. The number of amides is 1. The summed E-state index contributed by atoms with van der Waals surface area (Å²) in [6.45, 7) is 0.181. The first-order valence-electron chi connectivity index (χ1n) is 8.44. The van der Waals surface area contributed by atoms with Gasteiger partial charge < -0.3 is 10.1 Å². The van der Waals surface area contributed by atoms with Crippen LogP contribution in [0, 0.1) is 0 Å². The summed E-state index contributed by atoms with van der Waals surface area (Å²) < 4.78 is 0. The number of hydrogen-bond donors (Lipinski definition) is 3. The van der Waals surface area contributed by atoms with Crippen LogP contribution in [0.25, 0.3) is 22.0 Å². The number of aromatic nitrogens is 1. The highest BCUT2D eigenvalue weighted by Gasteiger charge is 2.43. The number of nitrogens with one attached hydrogen (secondary N) is 2. The zero-order valence-electron chi connectivity index (χ0n) is 14.3. The Balaban J connectivity index is 1.75. The van der Waals surface area contributed by atoms with Crippen molar-refractivity contribution in [2.24, 2.45) is 0 Å². The number of aliphatic hydroxyl groups excluding tert-OH is 1. The van der Waals surface area contributed by atoms with Gasteiger partial charge in [-0.05, 0) is 36.1 Å². The maximum absolute atomic E-state index is 12.1. The van der Waals surface area contributed by atoms with Gasteiger partial charge >= 0.3 is 0 Å². The molecule has 5 nitrogen and oxygen atoms in total. The highest BCUT2D eigenvalue weighted by molar-refractivity contribution is 6.34. The lowest BCUT2D eigenvalue weighted by Gasteiger charge is -2.13. The summed E-state index contributed by atoms with van der Waals surface area (Å²) in [5, 5.41) is 11.0. The normalized spacial score (nSPS) is 15.2. The first-order valence-corrected chi connectivity index (χ1v) is 8.81. The predicted molar refractivity (Wildman–Crippen MR) is 101 cm³/mol. The fourth-order valence-electron chi connectivity index (χ4n) is 3.39. The summed E-state index contributed by atoms with van der Waals surface area (Å²) in [7, 11) is 1.40. The molecule has 1 aromatic heterocycles. The number of hydroxylamine groups is 1. The van der Waals surface area contributed by atoms with Crippen molar-refractivity contribution in [2.75, 3.05) is 13.7 Å². The van der Waals surface area contributed by atoms with Crippen LogP contribution in [-0.4, -0.2) is 29.7 Å². The van der Waals surface area contributed by atoms with Crippen LogP contribution in [0.1, 0.15) is 28.8 Å². The molecule has 0 radical (unpaired) electrons. The average molecular weight is 371 g/mol. The van der Waals surface area contributed by atoms with Gasteiger partial charge in [0, 0.05) is 28.1 Å². The van der Waals surface area contributed by atoms with Crippen LogP contribution in [0.4, 0.5) is 0 Å². The molecule has 0 saturated heterocycles. The Morgan fingerprint density at radius 3 is 2.65 bits per heavy atom. The van der Waals surface area contributed by atoms with E-state index in [2.05, 4.69) is 22.6 Å². The largest absolute Gasteiger partial charge is 0.395 e. The number of halogens is 1. The van der Waals surface area contributed by atoms with Crippen molar-refractivity contribution >= 4 is 28.4 Å². The topological polar surface area (TPSA) is 74.3 Å². The number of benzene rings is 2. The number of fused-ring (bicyclic) bond motifs is 1. The number of H-pyrrole nitrogens is 1. The third-order valence-electron chi connectivity index (χ3n) is 5.17. The van der Waals surface area contributed by atoms with E-state index >= 15 is 0 Å². The zero-order chi connectivity index (χ0) is 18.3. The summed E-state index contributed by atoms with van der Waals surface area (Å²) in [5.41, 5.74) is 6.53. The smallest absolute Gasteiger partial charge is 0.276 e. The standard InChI is InChI=1S/C20H19ClN2O3/c1-26-23-19(25)16-10-22-18-9-17(21)14(8-15(16)18)12-2-4-13(5-3-12)20(11-24)6-7-20/h2-5,8-10,22,24H,6-7,11H2,1H3,(H,23,25). The Hall–Kier alpha value is -2.34. The number of carbonyl (C=O) groups is 1. The fraction of sp³-hybridized carbons (Fsp3) is 0.250. The van der Waals surface area contributed by atoms with Gasteiger partial charge in [0.05, 0.1) is 24.3 Å². The molecular weight excluding hydrogens is 352 g/mol. The second kappa shape index (κ2) is 6.43. The Kier molecular flexibility index (Phi) is 4.23. The van der Waals surface area contributed by atoms with Gasteiger partial charge in [-0.25, -0.2) is 5.48 Å². The van der Waals surface area contributed by atoms with Gasteiger partial charge in [0.15, 0.2) is 0 Å². The van der Waals surface area contributed by atoms with E-state index in [0.717, 1.165) is 40.4 Å². The molecule has 2 aromatic carbocycles. The van der Waals surface area contributed by atoms with Gasteiger partial charge in [-0.15, -0.1) is 0 Å². The molecule has 0 bridgehead atoms. The molecule has 26 heavy (non-hydrogen) atoms. The Morgan fingerprint density at radius 1 is 1.31 bits per heavy atom. The van der Waals surface area contributed by atoms with E-state index in [1.807, 2.05) is 24.3 Å². The number of carbonyl (C=O) groups excluding carboxylic acids is 1. The van der Waals surface area contributed by atoms with Crippen LogP contribution in [0.15, 0.2) is 42.6 Å². The maximum atomic E-state index is 12.1. The van der Waals surface area contributed by atoms with E-state index in [1.54, 1.807) is 6.20 Å². The van der Waals surface area contributed by atoms with E-state index in [1.165, 1.54) is 7.11 Å². The van der Waals surface area contributed by atoms with Crippen molar-refractivity contribution < 1.29 is 14.7 Å². The minimum Gasteiger partial charge on any atom is -0.395 e. The average Bonchev–Trinajstić information content (AvgIpc) is 3.35. The van der Waals surface area contributed by atoms with Gasteiger partial charge in [-0.3, -0.25) is 9.63 Å². The van der Waals surface area contributed by atoms with Gasteiger partial charge in [0.2, 0.25) is 0 Å². The molecule has 3 N–H and O–H groups in total. The van der Waals surface area contributed by atoms with Crippen molar-refractivity contribution in [3.63, 3.8) is 0 Å². The summed E-state index contributed by atoms with van der Waals surface area (Å²) in [6, 6.07) is 11.9. The SMILES string of the molecule is CONC(=O)c1c[nH]c2cc(Cl)c(-c3ccc(C4(CO)CC4)cc3)cc12. The second-order valence-corrected chi connectivity index (χ2v) is 7.14. The summed E-state index contributed by atoms with van der Waals surface area (Å²) in [6.07, 6.45) is 3.69. The zero-order valence-corrected chi connectivity index (χ0v) is 15.1. The molecule has 6 heteroatoms. The number of aromatic amines is 1. The molecule has 1 heterocycles. The molecule has 0 atom stereocenters. The van der Waals surface area contributed by atoms with Crippen molar-refractivity contribution in [3.8, 4) is 11.1 Å². The van der Waals surface area contributed by atoms with Gasteiger partial charge in [0.1, 0.15) is 0 Å². The fourth-order valence-corrected chi connectivity index (χ4v) is 3.67. The lowest BCUT2D eigenvalue weighted by molar-refractivity contribution is 0.0539. The van der Waals surface area contributed by atoms with Crippen LogP contribution < -0.4 is 5.48 Å². The molecular formula is C20H19ClN2O3. The number of rotatable bonds is 5. The van der Waals surface area contributed by atoms with E-state index in [9.17, 15) is 9.90 Å². The molecule has 0 spiro atoms. The van der Waals surface area contributed by atoms with E-state index in [4.69, 9.17) is 16.4 Å². The quantitative estimate of drug-likeness (QED) is 0.598. The Morgan fingerprint density at radius 2 is 2.04 bits per heavy atom. The first-order chi connectivity index (χ1) is 12.6. The molecule has 0 aliphatic heterocycles. The monoisotopic (exact) mass is 370 g/mol. The van der Waals surface area contributed by atoms with Crippen molar-refractivity contribution in [3.05, 3.63) is 58.7 Å². The predicted octanol–water partition coefficient (Wildman–Crippen LogP) is 3.80. The van der Waals surface area contributed by atoms with Crippen LogP contribution in [-0.2, 0) is 10.3 Å². The van der Waals surface area contributed by atoms with Crippen molar-refractivity contribution in [1.82, 2.24) is 10.5 Å². The highest BCUT2D eigenvalue weighted by Crippen LogP contribution is 2.48. The van der Waals surface area contributed by atoms with E-state index in [0.29, 0.717) is 10.6 Å². The van der Waals surface area contributed by atoms with Crippen LogP contribution in [0.2, 0.25) is 5.02 Å². The summed E-state index contributed by atoms with van der Waals surface area (Å²) >= 11 is 6.47. The van der Waals surface area contributed by atoms with Crippen LogP contribution in [0.3, 0.4) is 0 Å². The molecule has 1 saturated carbocycles.